The third kappa shape index (κ3) is 4.72. The molecular formula is C25H29ClN4O3S. The summed E-state index contributed by atoms with van der Waals surface area (Å²) >= 11 is 6.01. The zero-order valence-electron chi connectivity index (χ0n) is 19.3. The van der Waals surface area contributed by atoms with Crippen LogP contribution in [0.5, 0.6) is 0 Å². The summed E-state index contributed by atoms with van der Waals surface area (Å²) in [5, 5.41) is 2.31. The predicted molar refractivity (Wildman–Crippen MR) is 133 cm³/mol. The first-order chi connectivity index (χ1) is 16.3. The van der Waals surface area contributed by atoms with Crippen LogP contribution in [0.3, 0.4) is 0 Å². The molecule has 1 fully saturated rings. The Morgan fingerprint density at radius 2 is 1.79 bits per heavy atom. The van der Waals surface area contributed by atoms with Crippen molar-refractivity contribution in [3.05, 3.63) is 59.1 Å². The lowest BCUT2D eigenvalue weighted by Crippen LogP contribution is -2.48. The van der Waals surface area contributed by atoms with Gasteiger partial charge in [0.05, 0.1) is 16.3 Å². The summed E-state index contributed by atoms with van der Waals surface area (Å²) in [6, 6.07) is 10.8. The van der Waals surface area contributed by atoms with E-state index in [2.05, 4.69) is 14.5 Å². The van der Waals surface area contributed by atoms with Crippen molar-refractivity contribution in [1.82, 2.24) is 19.4 Å². The summed E-state index contributed by atoms with van der Waals surface area (Å²) in [6.45, 7) is 6.25. The van der Waals surface area contributed by atoms with E-state index >= 15 is 0 Å². The molecule has 1 saturated heterocycles. The Labute approximate surface area is 205 Å². The van der Waals surface area contributed by atoms with Crippen molar-refractivity contribution in [1.29, 1.82) is 0 Å². The molecule has 2 aromatic carbocycles. The van der Waals surface area contributed by atoms with Crippen LogP contribution in [0.4, 0.5) is 0 Å². The molecule has 9 heteroatoms. The number of fused-ring (bicyclic) bond motifs is 2. The van der Waals surface area contributed by atoms with Crippen molar-refractivity contribution in [2.75, 3.05) is 25.4 Å². The molecule has 34 heavy (non-hydrogen) atoms. The van der Waals surface area contributed by atoms with Crippen molar-refractivity contribution >= 4 is 38.1 Å². The maximum Gasteiger partial charge on any atom is 0.223 e. The average molecular weight is 501 g/mol. The highest BCUT2D eigenvalue weighted by molar-refractivity contribution is 7.91. The second-order valence-corrected chi connectivity index (χ2v) is 11.8. The van der Waals surface area contributed by atoms with Crippen LogP contribution in [-0.4, -0.2) is 65.1 Å². The van der Waals surface area contributed by atoms with E-state index in [-0.39, 0.29) is 23.0 Å². The number of halogens is 1. The first kappa shape index (κ1) is 23.3. The molecule has 1 aromatic heterocycles. The lowest BCUT2D eigenvalue weighted by molar-refractivity contribution is -0.132. The first-order valence-electron chi connectivity index (χ1n) is 11.7. The zero-order valence-corrected chi connectivity index (χ0v) is 20.9. The zero-order chi connectivity index (χ0) is 23.9. The van der Waals surface area contributed by atoms with Gasteiger partial charge in [0.1, 0.15) is 5.82 Å². The number of nitrogens with zero attached hydrogens (tertiary/aromatic N) is 4. The number of carbonyl (C=O) groups excluding carboxylic acids is 1. The third-order valence-electron chi connectivity index (χ3n) is 7.16. The number of sulfone groups is 1. The van der Waals surface area contributed by atoms with E-state index < -0.39 is 9.84 Å². The molecule has 2 aliphatic rings. The number of carbonyl (C=O) groups is 1. The summed E-state index contributed by atoms with van der Waals surface area (Å²) in [5.41, 5.74) is 1.25. The maximum absolute atomic E-state index is 12.9. The van der Waals surface area contributed by atoms with Gasteiger partial charge >= 0.3 is 0 Å². The van der Waals surface area contributed by atoms with Gasteiger partial charge in [-0.3, -0.25) is 9.69 Å². The Morgan fingerprint density at radius 3 is 2.59 bits per heavy atom. The topological polar surface area (TPSA) is 75.5 Å². The summed E-state index contributed by atoms with van der Waals surface area (Å²) < 4.78 is 28.0. The van der Waals surface area contributed by atoms with Crippen molar-refractivity contribution < 1.29 is 13.2 Å². The van der Waals surface area contributed by atoms with E-state index in [0.717, 1.165) is 49.1 Å². The molecule has 1 amide bonds. The molecule has 0 radical (unpaired) electrons. The molecular weight excluding hydrogens is 472 g/mol. The fourth-order valence-electron chi connectivity index (χ4n) is 5.14. The highest BCUT2D eigenvalue weighted by Gasteiger charge is 2.30. The highest BCUT2D eigenvalue weighted by Crippen LogP contribution is 2.25. The Morgan fingerprint density at radius 1 is 1.06 bits per heavy atom. The summed E-state index contributed by atoms with van der Waals surface area (Å²) in [6.07, 6.45) is 3.80. The van der Waals surface area contributed by atoms with E-state index in [1.165, 1.54) is 5.69 Å². The SMILES string of the molecule is Cc1ncc2n1CCN(C1CCN(C(=O)CCS(=O)(=O)c3ccc4cc(Cl)ccc4c3)CC1)C2. The number of aryl methyl sites for hydroxylation is 1. The van der Waals surface area contributed by atoms with Crippen LogP contribution in [0, 0.1) is 6.92 Å². The molecule has 0 aliphatic carbocycles. The molecule has 0 bridgehead atoms. The number of likely N-dealkylation sites (tertiary alicyclic amines) is 1. The summed E-state index contributed by atoms with van der Waals surface area (Å²) in [5.74, 6) is 0.806. The van der Waals surface area contributed by atoms with Crippen LogP contribution >= 0.6 is 11.6 Å². The summed E-state index contributed by atoms with van der Waals surface area (Å²) in [7, 11) is -3.55. The molecule has 180 valence electrons. The van der Waals surface area contributed by atoms with Crippen LogP contribution < -0.4 is 0 Å². The van der Waals surface area contributed by atoms with Gasteiger partial charge in [-0.25, -0.2) is 13.4 Å². The Kier molecular flexibility index (Phi) is 6.39. The van der Waals surface area contributed by atoms with Gasteiger partial charge in [0.25, 0.3) is 0 Å². The van der Waals surface area contributed by atoms with Crippen LogP contribution in [0.15, 0.2) is 47.5 Å². The number of rotatable bonds is 5. The second-order valence-electron chi connectivity index (χ2n) is 9.25. The second kappa shape index (κ2) is 9.32. The van der Waals surface area contributed by atoms with Gasteiger partial charge in [-0.15, -0.1) is 0 Å². The molecule has 0 unspecified atom stereocenters. The van der Waals surface area contributed by atoms with E-state index in [1.54, 1.807) is 30.3 Å². The van der Waals surface area contributed by atoms with Crippen LogP contribution in [-0.2, 0) is 27.7 Å². The number of amides is 1. The van der Waals surface area contributed by atoms with Crippen molar-refractivity contribution in [2.24, 2.45) is 0 Å². The molecule has 0 spiro atoms. The fraction of sp³-hybridized carbons (Fsp3) is 0.440. The van der Waals surface area contributed by atoms with Gasteiger partial charge in [0.2, 0.25) is 5.91 Å². The van der Waals surface area contributed by atoms with Crippen LogP contribution in [0.1, 0.15) is 30.8 Å². The number of hydrogen-bond acceptors (Lipinski definition) is 5. The largest absolute Gasteiger partial charge is 0.343 e. The smallest absolute Gasteiger partial charge is 0.223 e. The molecule has 2 aliphatic heterocycles. The van der Waals surface area contributed by atoms with Crippen molar-refractivity contribution in [2.45, 2.75) is 50.2 Å². The lowest BCUT2D eigenvalue weighted by Gasteiger charge is -2.40. The number of aromatic nitrogens is 2. The van der Waals surface area contributed by atoms with Crippen molar-refractivity contribution in [3.8, 4) is 0 Å². The number of imidazole rings is 1. The van der Waals surface area contributed by atoms with Crippen LogP contribution in [0.25, 0.3) is 10.8 Å². The monoisotopic (exact) mass is 500 g/mol. The Hall–Kier alpha value is -2.42. The normalized spacial score (nSPS) is 17.8. The molecule has 5 rings (SSSR count). The summed E-state index contributed by atoms with van der Waals surface area (Å²) in [4.78, 5) is 21.8. The van der Waals surface area contributed by atoms with E-state index in [9.17, 15) is 13.2 Å². The van der Waals surface area contributed by atoms with Gasteiger partial charge in [-0.2, -0.15) is 0 Å². The standard InChI is InChI=1S/C25H29ClN4O3S/c1-18-27-16-23-17-29(11-12-30(18)23)22-6-9-28(10-7-22)25(31)8-13-34(32,33)24-5-3-19-14-21(26)4-2-20(19)15-24/h2-5,14-16,22H,6-13,17H2,1H3. The highest BCUT2D eigenvalue weighted by atomic mass is 35.5. The van der Waals surface area contributed by atoms with E-state index in [4.69, 9.17) is 11.6 Å². The average Bonchev–Trinajstić information content (AvgIpc) is 3.22. The third-order valence-corrected chi connectivity index (χ3v) is 9.11. The fourth-order valence-corrected chi connectivity index (χ4v) is 6.58. The minimum absolute atomic E-state index is 0.00777. The number of benzene rings is 2. The van der Waals surface area contributed by atoms with Gasteiger partial charge in [0, 0.05) is 56.4 Å². The minimum atomic E-state index is -3.55. The first-order valence-corrected chi connectivity index (χ1v) is 13.8. The van der Waals surface area contributed by atoms with Crippen LogP contribution in [0.2, 0.25) is 5.02 Å². The molecule has 0 N–H and O–H groups in total. The minimum Gasteiger partial charge on any atom is -0.343 e. The lowest BCUT2D eigenvalue weighted by atomic mass is 10.0. The van der Waals surface area contributed by atoms with E-state index in [1.807, 2.05) is 24.1 Å². The molecule has 0 atom stereocenters. The van der Waals surface area contributed by atoms with Crippen molar-refractivity contribution in [3.63, 3.8) is 0 Å². The van der Waals surface area contributed by atoms with E-state index in [0.29, 0.717) is 24.2 Å². The number of hydrogen-bond donors (Lipinski definition) is 0. The Balaban J connectivity index is 1.15. The molecule has 0 saturated carbocycles. The predicted octanol–water partition coefficient (Wildman–Crippen LogP) is 3.67. The van der Waals surface area contributed by atoms with Gasteiger partial charge in [-0.05, 0) is 54.8 Å². The quantitative estimate of drug-likeness (QED) is 0.534. The van der Waals surface area contributed by atoms with Gasteiger partial charge < -0.3 is 9.47 Å². The maximum atomic E-state index is 12.9. The van der Waals surface area contributed by atoms with Gasteiger partial charge in [-0.1, -0.05) is 23.7 Å². The van der Waals surface area contributed by atoms with Gasteiger partial charge in [0.15, 0.2) is 9.84 Å². The molecule has 3 heterocycles. The number of piperidine rings is 1. The molecule has 3 aromatic rings. The Bertz CT molecular complexity index is 1330. The molecule has 7 nitrogen and oxygen atoms in total.